The fourth-order valence-electron chi connectivity index (χ4n) is 2.88. The van der Waals surface area contributed by atoms with Gasteiger partial charge in [0.25, 0.3) is 0 Å². The summed E-state index contributed by atoms with van der Waals surface area (Å²) < 4.78 is 64.5. The van der Waals surface area contributed by atoms with Crippen LogP contribution in [0.3, 0.4) is 0 Å². The second-order valence-electron chi connectivity index (χ2n) is 6.68. The number of halogens is 2. The van der Waals surface area contributed by atoms with Crippen molar-refractivity contribution in [2.24, 2.45) is 0 Å². The van der Waals surface area contributed by atoms with Gasteiger partial charge in [0.15, 0.2) is 11.5 Å². The van der Waals surface area contributed by atoms with Crippen molar-refractivity contribution >= 4 is 15.9 Å². The summed E-state index contributed by atoms with van der Waals surface area (Å²) in [4.78, 5) is 11.9. The Hall–Kier alpha value is -2.72. The Kier molecular flexibility index (Phi) is 7.22. The summed E-state index contributed by atoms with van der Waals surface area (Å²) >= 11 is 0. The van der Waals surface area contributed by atoms with E-state index in [-0.39, 0.29) is 36.7 Å². The SMILES string of the molecule is O=C(CCNS(=O)(=O)c1ccc2c(c1)OCCCO2)NCCc1cc(F)cc(F)c1. The van der Waals surface area contributed by atoms with Gasteiger partial charge in [-0.2, -0.15) is 0 Å². The molecule has 2 N–H and O–H groups in total. The maximum Gasteiger partial charge on any atom is 0.240 e. The molecule has 3 rings (SSSR count). The van der Waals surface area contributed by atoms with Crippen molar-refractivity contribution in [2.75, 3.05) is 26.3 Å². The summed E-state index contributed by atoms with van der Waals surface area (Å²) in [6.07, 6.45) is 0.878. The number of ether oxygens (including phenoxy) is 2. The first-order chi connectivity index (χ1) is 14.3. The fourth-order valence-corrected chi connectivity index (χ4v) is 3.93. The second-order valence-corrected chi connectivity index (χ2v) is 8.45. The Morgan fingerprint density at radius 3 is 2.40 bits per heavy atom. The Balaban J connectivity index is 1.45. The number of amides is 1. The van der Waals surface area contributed by atoms with Gasteiger partial charge in [-0.1, -0.05) is 0 Å². The van der Waals surface area contributed by atoms with Gasteiger partial charge in [0.05, 0.1) is 18.1 Å². The van der Waals surface area contributed by atoms with Gasteiger partial charge in [-0.25, -0.2) is 21.9 Å². The van der Waals surface area contributed by atoms with Crippen LogP contribution in [0, 0.1) is 11.6 Å². The van der Waals surface area contributed by atoms with Crippen molar-refractivity contribution in [3.63, 3.8) is 0 Å². The highest BCUT2D eigenvalue weighted by Gasteiger charge is 2.19. The van der Waals surface area contributed by atoms with E-state index in [9.17, 15) is 22.0 Å². The highest BCUT2D eigenvalue weighted by atomic mass is 32.2. The quantitative estimate of drug-likeness (QED) is 0.656. The molecule has 1 aliphatic heterocycles. The van der Waals surface area contributed by atoms with Gasteiger partial charge in [-0.3, -0.25) is 4.79 Å². The molecule has 0 fully saturated rings. The number of benzene rings is 2. The minimum absolute atomic E-state index is 0.0142. The monoisotopic (exact) mass is 440 g/mol. The predicted molar refractivity (Wildman–Crippen MR) is 105 cm³/mol. The van der Waals surface area contributed by atoms with E-state index in [2.05, 4.69) is 10.0 Å². The van der Waals surface area contributed by atoms with Crippen LogP contribution in [-0.4, -0.2) is 40.6 Å². The Morgan fingerprint density at radius 1 is 0.967 bits per heavy atom. The van der Waals surface area contributed by atoms with E-state index in [1.165, 1.54) is 30.3 Å². The first-order valence-corrected chi connectivity index (χ1v) is 10.9. The molecule has 2 aromatic carbocycles. The third-order valence-electron chi connectivity index (χ3n) is 4.33. The zero-order chi connectivity index (χ0) is 21.6. The van der Waals surface area contributed by atoms with E-state index < -0.39 is 21.7 Å². The highest BCUT2D eigenvalue weighted by molar-refractivity contribution is 7.89. The summed E-state index contributed by atoms with van der Waals surface area (Å²) in [5.41, 5.74) is 0.419. The van der Waals surface area contributed by atoms with Crippen LogP contribution in [0.2, 0.25) is 0 Å². The largest absolute Gasteiger partial charge is 0.490 e. The van der Waals surface area contributed by atoms with E-state index >= 15 is 0 Å². The first kappa shape index (κ1) is 22.0. The lowest BCUT2D eigenvalue weighted by molar-refractivity contribution is -0.120. The van der Waals surface area contributed by atoms with Gasteiger partial charge in [-0.15, -0.1) is 0 Å². The zero-order valence-corrected chi connectivity index (χ0v) is 16.9. The van der Waals surface area contributed by atoms with Gasteiger partial charge in [0.2, 0.25) is 15.9 Å². The fraction of sp³-hybridized carbons (Fsp3) is 0.350. The highest BCUT2D eigenvalue weighted by Crippen LogP contribution is 2.31. The molecular formula is C20H22F2N2O5S. The maximum absolute atomic E-state index is 13.1. The Morgan fingerprint density at radius 2 is 1.67 bits per heavy atom. The molecule has 10 heteroatoms. The standard InChI is InChI=1S/C20H22F2N2O5S/c21-15-10-14(11-16(22)12-15)4-6-23-20(25)5-7-24-30(26,27)17-2-3-18-19(13-17)29-9-1-8-28-18/h2-3,10-13,24H,1,4-9H2,(H,23,25). The van der Waals surface area contributed by atoms with Crippen molar-refractivity contribution < 1.29 is 31.5 Å². The molecule has 0 radical (unpaired) electrons. The summed E-state index contributed by atoms with van der Waals surface area (Å²) in [5, 5.41) is 2.59. The molecule has 0 spiro atoms. The number of carbonyl (C=O) groups excluding carboxylic acids is 1. The number of carbonyl (C=O) groups is 1. The molecule has 7 nitrogen and oxygen atoms in total. The molecular weight excluding hydrogens is 418 g/mol. The van der Waals surface area contributed by atoms with Crippen LogP contribution in [0.5, 0.6) is 11.5 Å². The number of rotatable bonds is 8. The second kappa shape index (κ2) is 9.86. The first-order valence-electron chi connectivity index (χ1n) is 9.44. The third-order valence-corrected chi connectivity index (χ3v) is 5.79. The predicted octanol–water partition coefficient (Wildman–Crippen LogP) is 2.15. The molecule has 1 amide bonds. The van der Waals surface area contributed by atoms with Crippen molar-refractivity contribution in [1.82, 2.24) is 10.0 Å². The van der Waals surface area contributed by atoms with Crippen LogP contribution in [-0.2, 0) is 21.2 Å². The van der Waals surface area contributed by atoms with Gasteiger partial charge in [-0.05, 0) is 36.2 Å². The van der Waals surface area contributed by atoms with Gasteiger partial charge < -0.3 is 14.8 Å². The lowest BCUT2D eigenvalue weighted by Gasteiger charge is -2.11. The average Bonchev–Trinajstić information content (AvgIpc) is 2.92. The molecule has 1 aliphatic rings. The molecule has 2 aromatic rings. The van der Waals surface area contributed by atoms with E-state index in [0.29, 0.717) is 36.7 Å². The number of sulfonamides is 1. The van der Waals surface area contributed by atoms with Crippen LogP contribution < -0.4 is 19.5 Å². The molecule has 0 unspecified atom stereocenters. The van der Waals surface area contributed by atoms with Crippen LogP contribution >= 0.6 is 0 Å². The maximum atomic E-state index is 13.1. The Bertz CT molecular complexity index is 994. The lowest BCUT2D eigenvalue weighted by atomic mass is 10.1. The van der Waals surface area contributed by atoms with Crippen LogP contribution in [0.4, 0.5) is 8.78 Å². The molecule has 0 bridgehead atoms. The molecule has 0 aromatic heterocycles. The normalized spacial score (nSPS) is 13.5. The van der Waals surface area contributed by atoms with E-state index in [0.717, 1.165) is 6.07 Å². The number of hydrogen-bond donors (Lipinski definition) is 2. The van der Waals surface area contributed by atoms with Gasteiger partial charge in [0.1, 0.15) is 11.6 Å². The van der Waals surface area contributed by atoms with Crippen LogP contribution in [0.1, 0.15) is 18.4 Å². The average molecular weight is 440 g/mol. The molecule has 0 saturated carbocycles. The number of hydrogen-bond acceptors (Lipinski definition) is 5. The number of fused-ring (bicyclic) bond motifs is 1. The van der Waals surface area contributed by atoms with Gasteiger partial charge in [0, 0.05) is 38.1 Å². The topological polar surface area (TPSA) is 93.7 Å². The smallest absolute Gasteiger partial charge is 0.240 e. The molecule has 1 heterocycles. The number of nitrogens with one attached hydrogen (secondary N) is 2. The van der Waals surface area contributed by atoms with Crippen molar-refractivity contribution in [2.45, 2.75) is 24.2 Å². The zero-order valence-electron chi connectivity index (χ0n) is 16.1. The molecule has 0 aliphatic carbocycles. The minimum atomic E-state index is -3.82. The van der Waals surface area contributed by atoms with E-state index in [1.54, 1.807) is 0 Å². The summed E-state index contributed by atoms with van der Waals surface area (Å²) in [7, 11) is -3.82. The van der Waals surface area contributed by atoms with Gasteiger partial charge >= 0.3 is 0 Å². The molecule has 30 heavy (non-hydrogen) atoms. The van der Waals surface area contributed by atoms with Crippen LogP contribution in [0.25, 0.3) is 0 Å². The molecule has 162 valence electrons. The summed E-state index contributed by atoms with van der Waals surface area (Å²) in [5.74, 6) is -0.889. The van der Waals surface area contributed by atoms with Crippen molar-refractivity contribution in [3.8, 4) is 11.5 Å². The summed E-state index contributed by atoms with van der Waals surface area (Å²) in [6.45, 7) is 1.01. The summed E-state index contributed by atoms with van der Waals surface area (Å²) in [6, 6.07) is 7.50. The van der Waals surface area contributed by atoms with E-state index in [1.807, 2.05) is 0 Å². The third kappa shape index (κ3) is 6.14. The lowest BCUT2D eigenvalue weighted by Crippen LogP contribution is -2.31. The van der Waals surface area contributed by atoms with Crippen molar-refractivity contribution in [1.29, 1.82) is 0 Å². The molecule has 0 saturated heterocycles. The van der Waals surface area contributed by atoms with Crippen LogP contribution in [0.15, 0.2) is 41.3 Å². The van der Waals surface area contributed by atoms with E-state index in [4.69, 9.17) is 9.47 Å². The Labute approximate surface area is 173 Å². The van der Waals surface area contributed by atoms with Crippen molar-refractivity contribution in [3.05, 3.63) is 53.6 Å². The minimum Gasteiger partial charge on any atom is -0.490 e. The molecule has 0 atom stereocenters.